The summed E-state index contributed by atoms with van der Waals surface area (Å²) in [5, 5.41) is 0. The minimum atomic E-state index is 0.675. The van der Waals surface area contributed by atoms with Crippen molar-refractivity contribution in [3.05, 3.63) is 29.3 Å². The van der Waals surface area contributed by atoms with Gasteiger partial charge in [0.15, 0.2) is 0 Å². The van der Waals surface area contributed by atoms with Gasteiger partial charge in [0.1, 0.15) is 0 Å². The minimum Gasteiger partial charge on any atom is -0.399 e. The fourth-order valence-corrected chi connectivity index (χ4v) is 2.23. The number of nitrogens with two attached hydrogens (primary N) is 1. The highest BCUT2D eigenvalue weighted by atomic mass is 16.5. The second-order valence-electron chi connectivity index (χ2n) is 4.09. The van der Waals surface area contributed by atoms with Crippen molar-refractivity contribution in [1.29, 1.82) is 0 Å². The number of ether oxygens (including phenoxy) is 1. The largest absolute Gasteiger partial charge is 0.399 e. The molecule has 1 unspecified atom stereocenters. The Balaban J connectivity index is 2.16. The van der Waals surface area contributed by atoms with E-state index in [1.165, 1.54) is 24.0 Å². The molecule has 2 heteroatoms. The average Bonchev–Trinajstić information content (AvgIpc) is 2.17. The number of hydrogen-bond acceptors (Lipinski definition) is 2. The summed E-state index contributed by atoms with van der Waals surface area (Å²) in [6.07, 6.45) is 3.53. The van der Waals surface area contributed by atoms with Crippen molar-refractivity contribution >= 4 is 5.69 Å². The molecular formula is C12H17NO. The fourth-order valence-electron chi connectivity index (χ4n) is 2.23. The number of methoxy groups -OCH3 is 1. The molecule has 1 aromatic rings. The molecule has 0 spiro atoms. The van der Waals surface area contributed by atoms with Crippen LogP contribution in [0.15, 0.2) is 18.2 Å². The lowest BCUT2D eigenvalue weighted by molar-refractivity contribution is 0.145. The summed E-state index contributed by atoms with van der Waals surface area (Å²) in [6.45, 7) is 0.869. The summed E-state index contributed by atoms with van der Waals surface area (Å²) < 4.78 is 5.20. The topological polar surface area (TPSA) is 35.2 Å². The summed E-state index contributed by atoms with van der Waals surface area (Å²) in [5.74, 6) is 0.675. The van der Waals surface area contributed by atoms with Crippen molar-refractivity contribution in [1.82, 2.24) is 0 Å². The molecule has 0 radical (unpaired) electrons. The molecule has 0 saturated carbocycles. The van der Waals surface area contributed by atoms with Gasteiger partial charge in [0, 0.05) is 19.4 Å². The van der Waals surface area contributed by atoms with Crippen LogP contribution in [0, 0.1) is 5.92 Å². The van der Waals surface area contributed by atoms with Crippen molar-refractivity contribution in [3.8, 4) is 0 Å². The quantitative estimate of drug-likeness (QED) is 0.726. The van der Waals surface area contributed by atoms with E-state index in [0.29, 0.717) is 5.92 Å². The van der Waals surface area contributed by atoms with Crippen LogP contribution in [0.4, 0.5) is 5.69 Å². The fraction of sp³-hybridized carbons (Fsp3) is 0.500. The molecule has 2 N–H and O–H groups in total. The maximum Gasteiger partial charge on any atom is 0.0493 e. The van der Waals surface area contributed by atoms with E-state index in [9.17, 15) is 0 Å². The lowest BCUT2D eigenvalue weighted by Crippen LogP contribution is -2.18. The molecule has 0 aliphatic heterocycles. The van der Waals surface area contributed by atoms with E-state index < -0.39 is 0 Å². The summed E-state index contributed by atoms with van der Waals surface area (Å²) in [4.78, 5) is 0. The molecule has 76 valence electrons. The Bertz CT molecular complexity index is 322. The van der Waals surface area contributed by atoms with E-state index in [4.69, 9.17) is 10.5 Å². The molecule has 0 heterocycles. The summed E-state index contributed by atoms with van der Waals surface area (Å²) >= 11 is 0. The van der Waals surface area contributed by atoms with Gasteiger partial charge in [-0.25, -0.2) is 0 Å². The summed E-state index contributed by atoms with van der Waals surface area (Å²) in [5.41, 5.74) is 9.53. The molecule has 2 rings (SSSR count). The number of anilines is 1. The summed E-state index contributed by atoms with van der Waals surface area (Å²) in [6, 6.07) is 6.26. The van der Waals surface area contributed by atoms with Crippen LogP contribution in [-0.2, 0) is 17.6 Å². The number of fused-ring (bicyclic) bond motifs is 1. The Morgan fingerprint density at radius 3 is 3.07 bits per heavy atom. The van der Waals surface area contributed by atoms with Gasteiger partial charge in [0.25, 0.3) is 0 Å². The molecular weight excluding hydrogens is 174 g/mol. The number of nitrogen functional groups attached to an aromatic ring is 1. The molecule has 0 bridgehead atoms. The Labute approximate surface area is 85.1 Å². The molecule has 0 amide bonds. The van der Waals surface area contributed by atoms with E-state index in [2.05, 4.69) is 12.1 Å². The Morgan fingerprint density at radius 1 is 1.43 bits per heavy atom. The van der Waals surface area contributed by atoms with Crippen molar-refractivity contribution in [2.24, 2.45) is 5.92 Å². The van der Waals surface area contributed by atoms with Crippen LogP contribution < -0.4 is 5.73 Å². The van der Waals surface area contributed by atoms with Crippen LogP contribution in [0.25, 0.3) is 0 Å². The highest BCUT2D eigenvalue weighted by Gasteiger charge is 2.18. The molecule has 2 nitrogen and oxygen atoms in total. The first kappa shape index (κ1) is 9.53. The normalized spacial score (nSPS) is 20.5. The van der Waals surface area contributed by atoms with Crippen LogP contribution in [0.2, 0.25) is 0 Å². The number of rotatable bonds is 2. The van der Waals surface area contributed by atoms with Crippen LogP contribution in [0.3, 0.4) is 0 Å². The first-order valence-electron chi connectivity index (χ1n) is 5.16. The zero-order valence-corrected chi connectivity index (χ0v) is 8.62. The van der Waals surface area contributed by atoms with E-state index in [1.807, 2.05) is 6.07 Å². The highest BCUT2D eigenvalue weighted by Crippen LogP contribution is 2.27. The molecule has 1 aromatic carbocycles. The molecule has 0 aromatic heterocycles. The average molecular weight is 191 g/mol. The van der Waals surface area contributed by atoms with Gasteiger partial charge in [0.05, 0.1) is 0 Å². The Kier molecular flexibility index (Phi) is 2.73. The standard InChI is InChI=1S/C12H17NO/c1-14-8-9-2-3-10-4-5-12(13)7-11(10)6-9/h4-5,7,9H,2-3,6,8,13H2,1H3. The molecule has 0 saturated heterocycles. The van der Waals surface area contributed by atoms with Crippen LogP contribution >= 0.6 is 0 Å². The number of benzene rings is 1. The van der Waals surface area contributed by atoms with Crippen molar-refractivity contribution in [2.75, 3.05) is 19.5 Å². The zero-order valence-electron chi connectivity index (χ0n) is 8.62. The molecule has 14 heavy (non-hydrogen) atoms. The molecule has 1 aliphatic carbocycles. The molecule has 0 fully saturated rings. The van der Waals surface area contributed by atoms with Gasteiger partial charge in [-0.2, -0.15) is 0 Å². The van der Waals surface area contributed by atoms with Crippen molar-refractivity contribution in [3.63, 3.8) is 0 Å². The smallest absolute Gasteiger partial charge is 0.0493 e. The molecule has 1 aliphatic rings. The van der Waals surface area contributed by atoms with Gasteiger partial charge < -0.3 is 10.5 Å². The Morgan fingerprint density at radius 2 is 2.29 bits per heavy atom. The van der Waals surface area contributed by atoms with Gasteiger partial charge in [-0.1, -0.05) is 6.07 Å². The van der Waals surface area contributed by atoms with Gasteiger partial charge in [-0.05, 0) is 48.4 Å². The van der Waals surface area contributed by atoms with Crippen molar-refractivity contribution in [2.45, 2.75) is 19.3 Å². The number of aryl methyl sites for hydroxylation is 1. The van der Waals surface area contributed by atoms with Crippen LogP contribution in [0.5, 0.6) is 0 Å². The van der Waals surface area contributed by atoms with E-state index in [1.54, 1.807) is 7.11 Å². The molecule has 1 atom stereocenters. The van der Waals surface area contributed by atoms with Crippen molar-refractivity contribution < 1.29 is 4.74 Å². The summed E-state index contributed by atoms with van der Waals surface area (Å²) in [7, 11) is 1.77. The SMILES string of the molecule is COCC1CCc2ccc(N)cc2C1. The second kappa shape index (κ2) is 4.01. The zero-order chi connectivity index (χ0) is 9.97. The van der Waals surface area contributed by atoms with Gasteiger partial charge in [0.2, 0.25) is 0 Å². The lowest BCUT2D eigenvalue weighted by atomic mass is 9.84. The van der Waals surface area contributed by atoms with Crippen LogP contribution in [0.1, 0.15) is 17.5 Å². The maximum absolute atomic E-state index is 5.77. The maximum atomic E-state index is 5.77. The van der Waals surface area contributed by atoms with E-state index in [0.717, 1.165) is 18.7 Å². The third-order valence-corrected chi connectivity index (χ3v) is 2.96. The second-order valence-corrected chi connectivity index (χ2v) is 4.09. The first-order chi connectivity index (χ1) is 6.79. The predicted molar refractivity (Wildman–Crippen MR) is 58.2 cm³/mol. The van der Waals surface area contributed by atoms with Gasteiger partial charge >= 0.3 is 0 Å². The van der Waals surface area contributed by atoms with E-state index >= 15 is 0 Å². The third-order valence-electron chi connectivity index (χ3n) is 2.96. The monoisotopic (exact) mass is 191 g/mol. The van der Waals surface area contributed by atoms with E-state index in [-0.39, 0.29) is 0 Å². The van der Waals surface area contributed by atoms with Gasteiger partial charge in [-0.15, -0.1) is 0 Å². The van der Waals surface area contributed by atoms with Crippen LogP contribution in [-0.4, -0.2) is 13.7 Å². The minimum absolute atomic E-state index is 0.675. The lowest BCUT2D eigenvalue weighted by Gasteiger charge is -2.24. The third kappa shape index (κ3) is 1.90. The number of hydrogen-bond donors (Lipinski definition) is 1. The highest BCUT2D eigenvalue weighted by molar-refractivity contribution is 5.45. The predicted octanol–water partition coefficient (Wildman–Crippen LogP) is 2.02. The Hall–Kier alpha value is -1.02. The van der Waals surface area contributed by atoms with Gasteiger partial charge in [-0.3, -0.25) is 0 Å². The first-order valence-corrected chi connectivity index (χ1v) is 5.16.